The highest BCUT2D eigenvalue weighted by Gasteiger charge is 2.60. The fraction of sp³-hybridized carbons (Fsp3) is 0.483. The van der Waals surface area contributed by atoms with Crippen LogP contribution in [0, 0.1) is 11.8 Å². The summed E-state index contributed by atoms with van der Waals surface area (Å²) in [5.74, 6) is -4.50. The van der Waals surface area contributed by atoms with Crippen molar-refractivity contribution in [2.45, 2.75) is 42.7 Å². The number of likely N-dealkylation sites (tertiary alicyclic amines) is 1. The topological polar surface area (TPSA) is 158 Å². The van der Waals surface area contributed by atoms with Crippen LogP contribution in [0.1, 0.15) is 39.1 Å². The van der Waals surface area contributed by atoms with Crippen molar-refractivity contribution in [1.29, 1.82) is 0 Å². The van der Waals surface area contributed by atoms with E-state index in [0.717, 1.165) is 17.0 Å². The Hall–Kier alpha value is -4.29. The summed E-state index contributed by atoms with van der Waals surface area (Å²) in [5, 5.41) is 24.6. The van der Waals surface area contributed by atoms with E-state index in [4.69, 9.17) is 11.6 Å². The van der Waals surface area contributed by atoms with Gasteiger partial charge in [-0.2, -0.15) is 18.3 Å². The summed E-state index contributed by atoms with van der Waals surface area (Å²) in [7, 11) is 1.30. The number of fused-ring (bicyclic) bond motifs is 1. The average Bonchev–Trinajstić information content (AvgIpc) is 3.46. The molecule has 3 aromatic rings. The van der Waals surface area contributed by atoms with E-state index in [2.05, 4.69) is 31.3 Å². The number of hydrogen-bond donors (Lipinski definition) is 5. The lowest BCUT2D eigenvalue weighted by Gasteiger charge is -2.24. The van der Waals surface area contributed by atoms with E-state index >= 15 is 0 Å². The largest absolute Gasteiger partial charge is 0.435 e. The third-order valence-electron chi connectivity index (χ3n) is 9.32. The van der Waals surface area contributed by atoms with Gasteiger partial charge in [0.15, 0.2) is 11.5 Å². The van der Waals surface area contributed by atoms with Gasteiger partial charge in [-0.15, -0.1) is 0 Å². The zero-order valence-corrected chi connectivity index (χ0v) is 25.8. The van der Waals surface area contributed by atoms with Gasteiger partial charge in [-0.25, -0.2) is 18.6 Å². The minimum absolute atomic E-state index is 0.0282. The Morgan fingerprint density at radius 3 is 2.42 bits per heavy atom. The second-order valence-electron chi connectivity index (χ2n) is 12.5. The fourth-order valence-electron chi connectivity index (χ4n) is 6.47. The molecule has 2 aromatic heterocycles. The van der Waals surface area contributed by atoms with Crippen LogP contribution in [0.3, 0.4) is 0 Å². The summed E-state index contributed by atoms with van der Waals surface area (Å²) in [4.78, 5) is 44.2. The lowest BCUT2D eigenvalue weighted by molar-refractivity contribution is -0.141. The van der Waals surface area contributed by atoms with Gasteiger partial charge in [-0.3, -0.25) is 14.3 Å². The van der Waals surface area contributed by atoms with Gasteiger partial charge < -0.3 is 35.8 Å². The van der Waals surface area contributed by atoms with Crippen LogP contribution in [0.15, 0.2) is 30.6 Å². The van der Waals surface area contributed by atoms with Crippen LogP contribution >= 0.6 is 11.6 Å². The summed E-state index contributed by atoms with van der Waals surface area (Å²) >= 11 is 6.38. The van der Waals surface area contributed by atoms with Crippen LogP contribution in [0.4, 0.5) is 32.4 Å². The number of halogens is 6. The summed E-state index contributed by atoms with van der Waals surface area (Å²) in [5.41, 5.74) is -1.72. The first-order chi connectivity index (χ1) is 22.6. The van der Waals surface area contributed by atoms with Crippen molar-refractivity contribution in [3.8, 4) is 11.3 Å². The van der Waals surface area contributed by atoms with Crippen LogP contribution < -0.4 is 21.3 Å². The number of aliphatic hydroxyl groups is 1. The molecule has 2 saturated carbocycles. The van der Waals surface area contributed by atoms with Crippen LogP contribution in [-0.4, -0.2) is 97.5 Å². The number of carbonyl (C=O) groups excluding carboxylic acids is 3. The van der Waals surface area contributed by atoms with Crippen LogP contribution in [-0.2, 0) is 13.2 Å². The Kier molecular flexibility index (Phi) is 7.67. The zero-order valence-electron chi connectivity index (χ0n) is 25.1. The molecule has 6 atom stereocenters. The Morgan fingerprint density at radius 2 is 1.81 bits per heavy atom. The molecule has 5 N–H and O–H groups in total. The fourth-order valence-corrected chi connectivity index (χ4v) is 6.73. The van der Waals surface area contributed by atoms with E-state index in [9.17, 15) is 41.4 Å². The van der Waals surface area contributed by atoms with E-state index in [1.807, 2.05) is 0 Å². The van der Waals surface area contributed by atoms with Crippen molar-refractivity contribution in [3.63, 3.8) is 0 Å². The van der Waals surface area contributed by atoms with Crippen molar-refractivity contribution in [2.75, 3.05) is 31.5 Å². The number of alkyl halides is 5. The van der Waals surface area contributed by atoms with Crippen molar-refractivity contribution in [1.82, 2.24) is 40.2 Å². The number of urea groups is 1. The predicted octanol–water partition coefficient (Wildman–Crippen LogP) is 2.49. The molecule has 1 aromatic carbocycles. The molecule has 19 heteroatoms. The molecule has 256 valence electrons. The minimum Gasteiger partial charge on any atom is -0.390 e. The number of amides is 4. The highest BCUT2D eigenvalue weighted by Crippen LogP contribution is 2.53. The normalized spacial score (nSPS) is 27.0. The van der Waals surface area contributed by atoms with E-state index in [1.54, 1.807) is 4.90 Å². The number of benzene rings is 1. The number of anilines is 1. The predicted molar refractivity (Wildman–Crippen MR) is 158 cm³/mol. The summed E-state index contributed by atoms with van der Waals surface area (Å²) in [6.45, 7) is 1.83. The molecule has 4 aliphatic rings. The molecule has 48 heavy (non-hydrogen) atoms. The second kappa shape index (κ2) is 11.4. The van der Waals surface area contributed by atoms with Gasteiger partial charge in [-0.05, 0) is 18.2 Å². The number of piperidine rings is 1. The summed E-state index contributed by atoms with van der Waals surface area (Å²) in [6, 6.07) is 1.94. The van der Waals surface area contributed by atoms with Crippen molar-refractivity contribution in [2.24, 2.45) is 18.9 Å². The quantitative estimate of drug-likeness (QED) is 0.238. The summed E-state index contributed by atoms with van der Waals surface area (Å²) in [6.07, 6.45) is -4.32. The smallest absolute Gasteiger partial charge is 0.390 e. The van der Waals surface area contributed by atoms with Gasteiger partial charge >= 0.3 is 12.2 Å². The maximum Gasteiger partial charge on any atom is 0.435 e. The van der Waals surface area contributed by atoms with E-state index in [-0.39, 0.29) is 57.7 Å². The van der Waals surface area contributed by atoms with Gasteiger partial charge in [0.1, 0.15) is 6.04 Å². The Bertz CT molecular complexity index is 1800. The van der Waals surface area contributed by atoms with Gasteiger partial charge in [0, 0.05) is 69.4 Å². The van der Waals surface area contributed by atoms with Crippen LogP contribution in [0.5, 0.6) is 0 Å². The molecule has 0 radical (unpaired) electrons. The number of hydrogen-bond acceptors (Lipinski definition) is 7. The third kappa shape index (κ3) is 5.85. The van der Waals surface area contributed by atoms with E-state index in [1.165, 1.54) is 25.2 Å². The van der Waals surface area contributed by atoms with E-state index < -0.39 is 53.7 Å². The number of β-amino-alcohol motifs (C(OH)–C–C–N with tert-alkyl or cyclic N) is 1. The maximum atomic E-state index is 13.7. The molecule has 0 bridgehead atoms. The molecular formula is C29H29ClF5N9O4. The number of aliphatic hydroxyl groups excluding tert-OH is 1. The average molecular weight is 698 g/mol. The monoisotopic (exact) mass is 697 g/mol. The SMILES string of the molecule is Cn1c(-c2cn([C@@H]3CC3(F)F)nc2C(F)(F)F)cnc1C(=O)Nc1ccc(C(=O)N[C@@H]2[C@@H]3CN(C(=O)N[C@H]4CNC[C@@H]4O)C[C@@H]32)c(Cl)c1. The van der Waals surface area contributed by atoms with Gasteiger partial charge in [0.05, 0.1) is 40.2 Å². The molecule has 4 amide bonds. The third-order valence-corrected chi connectivity index (χ3v) is 9.63. The zero-order chi connectivity index (χ0) is 34.3. The standard InChI is InChI=1S/C29H29ClF5N9O4/c1-42-19(16-11-44(21-5-28(21,31)32)41-23(16)29(33,34)35)7-37-24(42)26(47)38-12-2-3-13(17(30)4-12)25(46)40-22-14-9-43(10-15(14)22)27(48)39-18-6-36-8-20(18)45/h2-4,7,11,14-15,18,20-22,36,45H,5-6,8-10H2,1H3,(H,38,47)(H,39,48)(H,40,46)/t14-,15+,18-,20-,21+,22-/m0/s1. The highest BCUT2D eigenvalue weighted by atomic mass is 35.5. The molecule has 2 aliphatic carbocycles. The number of carbonyl (C=O) groups is 3. The molecule has 2 aliphatic heterocycles. The number of imidazole rings is 1. The van der Waals surface area contributed by atoms with Crippen LogP contribution in [0.25, 0.3) is 11.3 Å². The lowest BCUT2D eigenvalue weighted by atomic mass is 10.2. The second-order valence-corrected chi connectivity index (χ2v) is 12.9. The molecule has 4 heterocycles. The van der Waals surface area contributed by atoms with Gasteiger partial charge in [-0.1, -0.05) is 11.6 Å². The van der Waals surface area contributed by atoms with Crippen LogP contribution in [0.2, 0.25) is 5.02 Å². The number of rotatable bonds is 7. The molecule has 7 rings (SSSR count). The Labute approximate surface area is 273 Å². The number of nitrogens with one attached hydrogen (secondary N) is 4. The van der Waals surface area contributed by atoms with E-state index in [0.29, 0.717) is 30.9 Å². The molecular weight excluding hydrogens is 669 g/mol. The van der Waals surface area contributed by atoms with Crippen molar-refractivity contribution in [3.05, 3.63) is 52.7 Å². The first-order valence-corrected chi connectivity index (χ1v) is 15.4. The Morgan fingerprint density at radius 1 is 1.10 bits per heavy atom. The summed E-state index contributed by atoms with van der Waals surface area (Å²) < 4.78 is 70.0. The minimum atomic E-state index is -4.95. The number of nitrogens with zero attached hydrogens (tertiary/aromatic N) is 5. The first-order valence-electron chi connectivity index (χ1n) is 15.0. The number of aromatic nitrogens is 4. The molecule has 0 spiro atoms. The first kappa shape index (κ1) is 32.3. The maximum absolute atomic E-state index is 13.7. The lowest BCUT2D eigenvalue weighted by Crippen LogP contribution is -2.49. The van der Waals surface area contributed by atoms with Crippen molar-refractivity contribution >= 4 is 35.1 Å². The molecule has 4 fully saturated rings. The van der Waals surface area contributed by atoms with Gasteiger partial charge in [0.2, 0.25) is 0 Å². The van der Waals surface area contributed by atoms with Gasteiger partial charge in [0.25, 0.3) is 17.7 Å². The van der Waals surface area contributed by atoms with Crippen molar-refractivity contribution < 1.29 is 41.4 Å². The Balaban J connectivity index is 0.967. The molecule has 2 saturated heterocycles. The molecule has 13 nitrogen and oxygen atoms in total. The molecule has 0 unspecified atom stereocenters. The highest BCUT2D eigenvalue weighted by molar-refractivity contribution is 6.34.